The van der Waals surface area contributed by atoms with E-state index in [2.05, 4.69) is 19.2 Å². The van der Waals surface area contributed by atoms with Crippen LogP contribution < -0.4 is 5.32 Å². The van der Waals surface area contributed by atoms with Gasteiger partial charge in [0.1, 0.15) is 0 Å². The maximum absolute atomic E-state index is 6.01. The van der Waals surface area contributed by atoms with Crippen molar-refractivity contribution in [3.05, 3.63) is 0 Å². The molecular weight excluding hydrogens is 210 g/mol. The molecule has 1 rings (SSSR count). The summed E-state index contributed by atoms with van der Waals surface area (Å²) in [7, 11) is 2.04. The summed E-state index contributed by atoms with van der Waals surface area (Å²) >= 11 is 0. The molecule has 2 nitrogen and oxygen atoms in total. The molecule has 102 valence electrons. The van der Waals surface area contributed by atoms with Gasteiger partial charge in [-0.25, -0.2) is 0 Å². The van der Waals surface area contributed by atoms with E-state index in [-0.39, 0.29) is 0 Å². The minimum Gasteiger partial charge on any atom is -0.378 e. The van der Waals surface area contributed by atoms with Crippen molar-refractivity contribution < 1.29 is 4.74 Å². The van der Waals surface area contributed by atoms with Gasteiger partial charge in [-0.1, -0.05) is 26.2 Å². The first kappa shape index (κ1) is 15.0. The van der Waals surface area contributed by atoms with Gasteiger partial charge in [0.25, 0.3) is 0 Å². The molecule has 0 radical (unpaired) electrons. The molecule has 0 saturated heterocycles. The van der Waals surface area contributed by atoms with Crippen molar-refractivity contribution in [1.82, 2.24) is 5.32 Å². The lowest BCUT2D eigenvalue weighted by molar-refractivity contribution is 0.0105. The molecule has 0 aromatic carbocycles. The van der Waals surface area contributed by atoms with E-state index in [9.17, 15) is 0 Å². The van der Waals surface area contributed by atoms with Crippen LogP contribution in [0.1, 0.15) is 65.2 Å². The summed E-state index contributed by atoms with van der Waals surface area (Å²) in [6.07, 6.45) is 11.1. The van der Waals surface area contributed by atoms with E-state index < -0.39 is 0 Å². The largest absolute Gasteiger partial charge is 0.378 e. The highest BCUT2D eigenvalue weighted by molar-refractivity contribution is 4.72. The third-order valence-electron chi connectivity index (χ3n) is 4.19. The zero-order valence-corrected chi connectivity index (χ0v) is 12.0. The van der Waals surface area contributed by atoms with Gasteiger partial charge in [0.15, 0.2) is 0 Å². The van der Waals surface area contributed by atoms with Crippen LogP contribution in [0.25, 0.3) is 0 Å². The van der Waals surface area contributed by atoms with Crippen LogP contribution in [0.3, 0.4) is 0 Å². The van der Waals surface area contributed by atoms with Gasteiger partial charge in [0, 0.05) is 12.6 Å². The Morgan fingerprint density at radius 1 is 1.29 bits per heavy atom. The molecule has 2 heteroatoms. The van der Waals surface area contributed by atoms with Gasteiger partial charge in [-0.2, -0.15) is 0 Å². The van der Waals surface area contributed by atoms with E-state index in [1.54, 1.807) is 0 Å². The first-order valence-corrected chi connectivity index (χ1v) is 7.55. The SMILES string of the molecule is CCC1CCCC(OCCCCC(C)NC)C1. The summed E-state index contributed by atoms with van der Waals surface area (Å²) in [5, 5.41) is 3.28. The summed E-state index contributed by atoms with van der Waals surface area (Å²) in [4.78, 5) is 0. The van der Waals surface area contributed by atoms with Crippen molar-refractivity contribution in [1.29, 1.82) is 0 Å². The van der Waals surface area contributed by atoms with Gasteiger partial charge in [0.05, 0.1) is 6.10 Å². The van der Waals surface area contributed by atoms with E-state index in [4.69, 9.17) is 4.74 Å². The minimum atomic E-state index is 0.565. The Morgan fingerprint density at radius 3 is 2.82 bits per heavy atom. The number of unbranched alkanes of at least 4 members (excludes halogenated alkanes) is 1. The number of hydrogen-bond acceptors (Lipinski definition) is 2. The van der Waals surface area contributed by atoms with Crippen LogP contribution in [-0.2, 0) is 4.74 Å². The van der Waals surface area contributed by atoms with Crippen LogP contribution in [0.4, 0.5) is 0 Å². The molecule has 3 atom stereocenters. The molecular formula is C15H31NO. The molecule has 0 spiro atoms. The molecule has 0 bridgehead atoms. The predicted octanol–water partition coefficient (Wildman–Crippen LogP) is 3.75. The summed E-state index contributed by atoms with van der Waals surface area (Å²) < 4.78 is 6.01. The normalized spacial score (nSPS) is 27.0. The van der Waals surface area contributed by atoms with Crippen molar-refractivity contribution in [3.63, 3.8) is 0 Å². The smallest absolute Gasteiger partial charge is 0.0577 e. The second-order valence-corrected chi connectivity index (χ2v) is 5.62. The van der Waals surface area contributed by atoms with Crippen molar-refractivity contribution >= 4 is 0 Å². The van der Waals surface area contributed by atoms with Crippen LogP contribution in [0.5, 0.6) is 0 Å². The lowest BCUT2D eigenvalue weighted by Crippen LogP contribution is -2.23. The molecule has 0 aromatic rings. The fraction of sp³-hybridized carbons (Fsp3) is 1.00. The number of nitrogens with one attached hydrogen (secondary N) is 1. The maximum atomic E-state index is 6.01. The average Bonchev–Trinajstić information content (AvgIpc) is 2.38. The molecule has 0 aromatic heterocycles. The molecule has 1 N–H and O–H groups in total. The Kier molecular flexibility index (Phi) is 7.87. The van der Waals surface area contributed by atoms with Crippen LogP contribution in [0.2, 0.25) is 0 Å². The van der Waals surface area contributed by atoms with Crippen LogP contribution >= 0.6 is 0 Å². The van der Waals surface area contributed by atoms with Crippen LogP contribution in [0.15, 0.2) is 0 Å². The molecule has 1 saturated carbocycles. The highest BCUT2D eigenvalue weighted by Gasteiger charge is 2.20. The maximum Gasteiger partial charge on any atom is 0.0577 e. The van der Waals surface area contributed by atoms with Crippen molar-refractivity contribution in [2.75, 3.05) is 13.7 Å². The average molecular weight is 241 g/mol. The van der Waals surface area contributed by atoms with Crippen molar-refractivity contribution in [3.8, 4) is 0 Å². The van der Waals surface area contributed by atoms with E-state index in [0.717, 1.165) is 12.5 Å². The standard InChI is InChI=1S/C15H31NO/c1-4-14-9-7-10-15(12-14)17-11-6-5-8-13(2)16-3/h13-16H,4-12H2,1-3H3. The molecule has 1 aliphatic rings. The molecule has 3 unspecified atom stereocenters. The fourth-order valence-electron chi connectivity index (χ4n) is 2.71. The highest BCUT2D eigenvalue weighted by atomic mass is 16.5. The van der Waals surface area contributed by atoms with E-state index >= 15 is 0 Å². The monoisotopic (exact) mass is 241 g/mol. The fourth-order valence-corrected chi connectivity index (χ4v) is 2.71. The van der Waals surface area contributed by atoms with E-state index in [1.807, 2.05) is 7.05 Å². The summed E-state index contributed by atoms with van der Waals surface area (Å²) in [6, 6.07) is 0.647. The summed E-state index contributed by atoms with van der Waals surface area (Å²) in [5.41, 5.74) is 0. The Balaban J connectivity index is 1.98. The zero-order chi connectivity index (χ0) is 12.5. The lowest BCUT2D eigenvalue weighted by atomic mass is 9.85. The second-order valence-electron chi connectivity index (χ2n) is 5.62. The third-order valence-corrected chi connectivity index (χ3v) is 4.19. The Hall–Kier alpha value is -0.0800. The second kappa shape index (κ2) is 8.93. The number of rotatable bonds is 8. The first-order chi connectivity index (χ1) is 8.26. The number of hydrogen-bond donors (Lipinski definition) is 1. The lowest BCUT2D eigenvalue weighted by Gasteiger charge is -2.28. The Labute approximate surface area is 108 Å². The van der Waals surface area contributed by atoms with Gasteiger partial charge in [-0.15, -0.1) is 0 Å². The highest BCUT2D eigenvalue weighted by Crippen LogP contribution is 2.28. The zero-order valence-electron chi connectivity index (χ0n) is 12.0. The van der Waals surface area contributed by atoms with E-state index in [0.29, 0.717) is 12.1 Å². The third kappa shape index (κ3) is 6.42. The topological polar surface area (TPSA) is 21.3 Å². The quantitative estimate of drug-likeness (QED) is 0.653. The minimum absolute atomic E-state index is 0.565. The first-order valence-electron chi connectivity index (χ1n) is 7.55. The van der Waals surface area contributed by atoms with Gasteiger partial charge >= 0.3 is 0 Å². The molecule has 0 heterocycles. The summed E-state index contributed by atoms with van der Waals surface area (Å²) in [6.45, 7) is 5.53. The molecule has 0 aliphatic heterocycles. The van der Waals surface area contributed by atoms with Crippen molar-refractivity contribution in [2.45, 2.75) is 77.4 Å². The molecule has 17 heavy (non-hydrogen) atoms. The van der Waals surface area contributed by atoms with Crippen LogP contribution in [0, 0.1) is 5.92 Å². The Bertz CT molecular complexity index is 184. The van der Waals surface area contributed by atoms with Crippen molar-refractivity contribution in [2.24, 2.45) is 5.92 Å². The molecule has 1 fully saturated rings. The van der Waals surface area contributed by atoms with Crippen LogP contribution in [-0.4, -0.2) is 25.8 Å². The van der Waals surface area contributed by atoms with Gasteiger partial charge in [0.2, 0.25) is 0 Å². The summed E-state index contributed by atoms with van der Waals surface area (Å²) in [5.74, 6) is 0.929. The van der Waals surface area contributed by atoms with E-state index in [1.165, 1.54) is 51.4 Å². The van der Waals surface area contributed by atoms with Gasteiger partial charge < -0.3 is 10.1 Å². The molecule has 1 aliphatic carbocycles. The van der Waals surface area contributed by atoms with Gasteiger partial charge in [-0.3, -0.25) is 0 Å². The van der Waals surface area contributed by atoms with Gasteiger partial charge in [-0.05, 0) is 52.0 Å². The predicted molar refractivity (Wildman–Crippen MR) is 74.4 cm³/mol. The number of ether oxygens (including phenoxy) is 1. The molecule has 0 amide bonds. The Morgan fingerprint density at radius 2 is 2.12 bits per heavy atom.